The van der Waals surface area contributed by atoms with Crippen LogP contribution < -0.4 is 18.9 Å². The van der Waals surface area contributed by atoms with E-state index in [-0.39, 0.29) is 45.3 Å². The third kappa shape index (κ3) is 22.2. The van der Waals surface area contributed by atoms with Gasteiger partial charge in [0.15, 0.2) is 0 Å². The molecule has 4 aromatic carbocycles. The summed E-state index contributed by atoms with van der Waals surface area (Å²) in [5.41, 5.74) is 4.66. The fourth-order valence-corrected chi connectivity index (χ4v) is 12.1. The fraction of sp³-hybridized carbons (Fsp3) is 0.692. The van der Waals surface area contributed by atoms with Gasteiger partial charge in [0, 0.05) is 71.9 Å². The van der Waals surface area contributed by atoms with Gasteiger partial charge < -0.3 is 56.8 Å². The molecule has 0 N–H and O–H groups in total. The lowest BCUT2D eigenvalue weighted by molar-refractivity contribution is -0.0827. The average molecular weight is 1250 g/mol. The molecule has 1 aliphatic carbocycles. The monoisotopic (exact) mass is 1250 g/mol. The van der Waals surface area contributed by atoms with E-state index in [0.717, 1.165) is 124 Å². The Kier molecular flexibility index (Phi) is 30.5. The first kappa shape index (κ1) is 76.5. The van der Waals surface area contributed by atoms with E-state index in [1.165, 1.54) is 22.3 Å². The summed E-state index contributed by atoms with van der Waals surface area (Å²) >= 11 is 0. The summed E-state index contributed by atoms with van der Waals surface area (Å²) in [4.78, 5) is 0. The maximum atomic E-state index is 6.89. The Bertz CT molecular complexity index is 2650. The van der Waals surface area contributed by atoms with Gasteiger partial charge in [-0.2, -0.15) is 0 Å². The van der Waals surface area contributed by atoms with Crippen LogP contribution in [0.5, 0.6) is 23.0 Å². The van der Waals surface area contributed by atoms with Crippen molar-refractivity contribution in [3.63, 3.8) is 0 Å². The van der Waals surface area contributed by atoms with Crippen molar-refractivity contribution in [2.24, 2.45) is 0 Å². The van der Waals surface area contributed by atoms with E-state index in [1.54, 1.807) is 21.3 Å². The maximum absolute atomic E-state index is 6.89. The second-order valence-corrected chi connectivity index (χ2v) is 27.5. The minimum absolute atomic E-state index is 0.107. The van der Waals surface area contributed by atoms with Crippen molar-refractivity contribution >= 4 is 0 Å². The molecule has 508 valence electrons. The van der Waals surface area contributed by atoms with Gasteiger partial charge in [0.1, 0.15) is 29.6 Å². The van der Waals surface area contributed by atoms with Crippen molar-refractivity contribution in [3.8, 4) is 34.1 Å². The maximum Gasteiger partial charge on any atom is 0.123 e. The first-order valence-electron chi connectivity index (χ1n) is 34.6. The molecule has 0 fully saturated rings. The molecule has 12 heteroatoms. The van der Waals surface area contributed by atoms with E-state index >= 15 is 0 Å². The van der Waals surface area contributed by atoms with Gasteiger partial charge in [-0.1, -0.05) is 110 Å². The van der Waals surface area contributed by atoms with Gasteiger partial charge in [-0.3, -0.25) is 0 Å². The third-order valence-corrected chi connectivity index (χ3v) is 21.1. The highest BCUT2D eigenvalue weighted by molar-refractivity contribution is 5.81. The summed E-state index contributed by atoms with van der Waals surface area (Å²) in [6.45, 7) is 36.9. The normalized spacial score (nSPS) is 17.9. The van der Waals surface area contributed by atoms with Crippen LogP contribution in [-0.4, -0.2) is 127 Å². The van der Waals surface area contributed by atoms with Crippen LogP contribution in [0.3, 0.4) is 0 Å². The molecule has 5 rings (SSSR count). The molecule has 0 amide bonds. The van der Waals surface area contributed by atoms with Crippen molar-refractivity contribution < 1.29 is 56.8 Å². The average Bonchev–Trinajstić information content (AvgIpc) is 1.60. The first-order valence-corrected chi connectivity index (χ1v) is 34.6. The lowest BCUT2D eigenvalue weighted by Crippen LogP contribution is -2.34. The molecule has 0 heterocycles. The summed E-state index contributed by atoms with van der Waals surface area (Å²) in [5.74, 6) is 3.02. The van der Waals surface area contributed by atoms with Gasteiger partial charge in [0.2, 0.25) is 0 Å². The second-order valence-electron chi connectivity index (χ2n) is 27.5. The highest BCUT2D eigenvalue weighted by Crippen LogP contribution is 2.53. The zero-order valence-corrected chi connectivity index (χ0v) is 59.9. The highest BCUT2D eigenvalue weighted by atomic mass is 16.5. The summed E-state index contributed by atoms with van der Waals surface area (Å²) in [6, 6.07) is 30.9. The van der Waals surface area contributed by atoms with E-state index in [9.17, 15) is 0 Å². The number of fused-ring (bicyclic) bond motifs is 3. The van der Waals surface area contributed by atoms with Crippen molar-refractivity contribution in [2.75, 3.05) is 81.3 Å². The van der Waals surface area contributed by atoms with Crippen molar-refractivity contribution in [2.45, 2.75) is 270 Å². The Morgan fingerprint density at radius 3 is 1.01 bits per heavy atom. The smallest absolute Gasteiger partial charge is 0.123 e. The Morgan fingerprint density at radius 1 is 0.356 bits per heavy atom. The molecule has 0 spiro atoms. The third-order valence-electron chi connectivity index (χ3n) is 21.1. The van der Waals surface area contributed by atoms with E-state index in [4.69, 9.17) is 56.8 Å². The molecule has 0 aliphatic heterocycles. The number of hydrogen-bond donors (Lipinski definition) is 0. The van der Waals surface area contributed by atoms with Crippen LogP contribution in [0.25, 0.3) is 11.1 Å². The zero-order valence-electron chi connectivity index (χ0n) is 59.9. The number of rotatable bonds is 48. The molecular formula is C78H124O12. The summed E-state index contributed by atoms with van der Waals surface area (Å²) in [6.07, 6.45) is 14.8. The quantitative estimate of drug-likeness (QED) is 0.0420. The first-order chi connectivity index (χ1) is 42.9. The molecule has 0 saturated heterocycles. The Labute approximate surface area is 547 Å². The number of benzene rings is 4. The number of hydrogen-bond acceptors (Lipinski definition) is 12. The van der Waals surface area contributed by atoms with Gasteiger partial charge in [-0.15, -0.1) is 0 Å². The molecule has 0 saturated carbocycles. The molecule has 0 aromatic heterocycles. The van der Waals surface area contributed by atoms with E-state index in [1.807, 2.05) is 13.2 Å². The van der Waals surface area contributed by atoms with E-state index in [0.29, 0.717) is 78.5 Å². The topological polar surface area (TPSA) is 111 Å². The number of methoxy groups -OCH3 is 4. The zero-order chi connectivity index (χ0) is 66.1. The minimum atomic E-state index is -0.530. The molecule has 8 unspecified atom stereocenters. The summed E-state index contributed by atoms with van der Waals surface area (Å²) < 4.78 is 77.6. The van der Waals surface area contributed by atoms with Crippen LogP contribution in [-0.2, 0) is 56.2 Å². The van der Waals surface area contributed by atoms with Gasteiger partial charge in [0.05, 0.1) is 85.0 Å². The lowest BCUT2D eigenvalue weighted by atomic mass is 9.69. The van der Waals surface area contributed by atoms with Crippen LogP contribution in [0.1, 0.15) is 229 Å². The van der Waals surface area contributed by atoms with Crippen molar-refractivity contribution in [3.05, 3.63) is 107 Å². The molecular weight excluding hydrogens is 1130 g/mol. The second kappa shape index (κ2) is 35.9. The SMILES string of the molecule is CCCC(C)(CCOC(C)(CC)CCOc1cc(CC2(Cc3cc(OCCC(C)(CC)OCCC(C)(CC)OC)cc(OCC(CC)OCCC(C)(CC)OC)c3)c3ccccc3-c3ccccc32)cc(OCCC(C)(CC)OCCC(C)(CC)OC)c1)OC. The van der Waals surface area contributed by atoms with Crippen LogP contribution in [0.2, 0.25) is 0 Å². The van der Waals surface area contributed by atoms with Gasteiger partial charge >= 0.3 is 0 Å². The predicted molar refractivity (Wildman–Crippen MR) is 369 cm³/mol. The summed E-state index contributed by atoms with van der Waals surface area (Å²) in [5, 5.41) is 0. The largest absolute Gasteiger partial charge is 0.493 e. The molecule has 0 bridgehead atoms. The van der Waals surface area contributed by atoms with Gasteiger partial charge in [-0.05, 0) is 196 Å². The molecule has 8 atom stereocenters. The molecule has 4 aromatic rings. The standard InChI is InChI=1S/C78H124O12/c1-20-36-77(15,82-19)43-50-90-76(14,27-8)40-46-85-64-52-60(51-63(55-64)84-45-38-74(12,25-6)88-48-41-72(10,23-4)80-17)57-78(69-34-30-28-32-67(69)68-33-29-31-35-70(68)78)58-61-53-65(86-47-39-75(13,26-7)89-49-42-73(11,24-5)81-18)56-66(54-61)87-59-62(21-2)83-44-37-71(9,22-3)79-16/h28-35,51-56,62H,20-27,36-50,57-59H2,1-19H3. The van der Waals surface area contributed by atoms with E-state index in [2.05, 4.69) is 183 Å². The number of ether oxygens (including phenoxy) is 12. The van der Waals surface area contributed by atoms with Crippen LogP contribution >= 0.6 is 0 Å². The predicted octanol–water partition coefficient (Wildman–Crippen LogP) is 18.7. The van der Waals surface area contributed by atoms with E-state index < -0.39 is 5.41 Å². The molecule has 12 nitrogen and oxygen atoms in total. The van der Waals surface area contributed by atoms with Gasteiger partial charge in [-0.25, -0.2) is 0 Å². The molecule has 90 heavy (non-hydrogen) atoms. The fourth-order valence-electron chi connectivity index (χ4n) is 12.1. The minimum Gasteiger partial charge on any atom is -0.493 e. The van der Waals surface area contributed by atoms with Crippen LogP contribution in [0.4, 0.5) is 0 Å². The Morgan fingerprint density at radius 2 is 0.678 bits per heavy atom. The van der Waals surface area contributed by atoms with Crippen LogP contribution in [0, 0.1) is 0 Å². The molecule has 1 aliphatic rings. The Hall–Kier alpha value is -4.24. The van der Waals surface area contributed by atoms with Crippen molar-refractivity contribution in [1.29, 1.82) is 0 Å². The summed E-state index contributed by atoms with van der Waals surface area (Å²) in [7, 11) is 7.17. The highest BCUT2D eigenvalue weighted by Gasteiger charge is 2.44. The lowest BCUT2D eigenvalue weighted by Gasteiger charge is -2.34. The Balaban J connectivity index is 1.56. The van der Waals surface area contributed by atoms with Gasteiger partial charge in [0.25, 0.3) is 0 Å². The van der Waals surface area contributed by atoms with Crippen molar-refractivity contribution in [1.82, 2.24) is 0 Å². The van der Waals surface area contributed by atoms with Crippen LogP contribution in [0.15, 0.2) is 84.9 Å². The molecule has 0 radical (unpaired) electrons.